The number of aromatic nitrogens is 2. The van der Waals surface area contributed by atoms with Crippen molar-refractivity contribution in [1.29, 1.82) is 0 Å². The van der Waals surface area contributed by atoms with Crippen LogP contribution in [0.25, 0.3) is 0 Å². The molecule has 0 bridgehead atoms. The molecule has 54 heavy (non-hydrogen) atoms. The third kappa shape index (κ3) is 10.8. The van der Waals surface area contributed by atoms with Crippen LogP contribution >= 0.6 is 11.6 Å². The van der Waals surface area contributed by atoms with Gasteiger partial charge in [-0.25, -0.2) is 4.98 Å². The number of hydrogen-bond donors (Lipinski definition) is 1. The number of Topliss-reactive ketones (excluding diaryl/α,β-unsaturated/α-hetero) is 4. The Morgan fingerprint density at radius 3 is 2.33 bits per heavy atom. The number of ether oxygens (including phenoxy) is 1. The average Bonchev–Trinajstić information content (AvgIpc) is 3.87. The smallest absolute Gasteiger partial charge is 0.272 e. The highest BCUT2D eigenvalue weighted by Crippen LogP contribution is 2.38. The van der Waals surface area contributed by atoms with Gasteiger partial charge in [0, 0.05) is 49.9 Å². The Labute approximate surface area is 323 Å². The highest BCUT2D eigenvalue weighted by Gasteiger charge is 2.47. The van der Waals surface area contributed by atoms with Crippen molar-refractivity contribution in [3.63, 3.8) is 0 Å². The SMILES string of the molecule is CCC[C@H](CC(=O)[C@@H]1C[C@@H](Oc2ccccc2Cl)CN1C(=O)[C@@H](CC(=O)[C@@H](NC(=O)c1cnccn1)C1CCCCC1)C(C)(C)C)C(=O)C(=O)CC1CC1. The first-order valence-electron chi connectivity index (χ1n) is 19.7. The third-order valence-corrected chi connectivity index (χ3v) is 11.6. The third-order valence-electron chi connectivity index (χ3n) is 11.2. The van der Waals surface area contributed by atoms with Crippen molar-refractivity contribution >= 4 is 46.5 Å². The number of benzene rings is 1. The molecule has 12 heteroatoms. The van der Waals surface area contributed by atoms with Gasteiger partial charge in [-0.05, 0) is 61.5 Å². The second kappa shape index (κ2) is 18.6. The van der Waals surface area contributed by atoms with Crippen molar-refractivity contribution in [2.24, 2.45) is 29.1 Å². The molecule has 2 aliphatic carbocycles. The van der Waals surface area contributed by atoms with Crippen molar-refractivity contribution in [3.05, 3.63) is 53.6 Å². The number of rotatable bonds is 18. The van der Waals surface area contributed by atoms with E-state index in [1.54, 1.807) is 24.3 Å². The fourth-order valence-corrected chi connectivity index (χ4v) is 8.15. The maximum absolute atomic E-state index is 14.8. The summed E-state index contributed by atoms with van der Waals surface area (Å²) in [4.78, 5) is 92.6. The first-order chi connectivity index (χ1) is 25.8. The molecule has 2 amide bonds. The predicted molar refractivity (Wildman–Crippen MR) is 204 cm³/mol. The molecule has 3 fully saturated rings. The quantitative estimate of drug-likeness (QED) is 0.162. The molecule has 3 aliphatic rings. The van der Waals surface area contributed by atoms with Gasteiger partial charge in [0.2, 0.25) is 11.7 Å². The number of hydrogen-bond acceptors (Lipinski definition) is 9. The molecule has 0 unspecified atom stereocenters. The van der Waals surface area contributed by atoms with E-state index in [0.29, 0.717) is 23.6 Å². The zero-order chi connectivity index (χ0) is 39.0. The van der Waals surface area contributed by atoms with Crippen molar-refractivity contribution in [1.82, 2.24) is 20.2 Å². The van der Waals surface area contributed by atoms with Crippen LogP contribution in [-0.2, 0) is 24.0 Å². The number of nitrogens with one attached hydrogen (secondary N) is 1. The molecule has 5 rings (SSSR count). The number of likely N-dealkylation sites (tertiary alicyclic amines) is 1. The van der Waals surface area contributed by atoms with Crippen LogP contribution in [0.2, 0.25) is 5.02 Å². The largest absolute Gasteiger partial charge is 0.487 e. The van der Waals surface area contributed by atoms with E-state index in [2.05, 4.69) is 15.3 Å². The van der Waals surface area contributed by atoms with Crippen LogP contribution in [0.3, 0.4) is 0 Å². The molecule has 11 nitrogen and oxygen atoms in total. The standard InChI is InChI=1S/C42H55ClN4O7/c1-5-11-28(39(51)36(50)20-26-16-17-26)21-34(48)33-22-29(54-37-15-10-9-14-31(37)43)25-47(33)41(53)30(42(2,3)4)23-35(49)38(27-12-7-6-8-13-27)46-40(52)32-24-44-18-19-45-32/h9-10,14-15,18-19,24,26-30,33,38H,5-8,11-13,16-17,20-23,25H2,1-4H3,(H,46,52)/t28-,29-,30-,33+,38+/m1/s1. The molecule has 292 valence electrons. The lowest BCUT2D eigenvalue weighted by Gasteiger charge is -2.36. The molecule has 0 radical (unpaired) electrons. The first-order valence-corrected chi connectivity index (χ1v) is 20.1. The number of nitrogens with zero attached hydrogens (tertiary/aromatic N) is 3. The fourth-order valence-electron chi connectivity index (χ4n) is 7.97. The molecular formula is C42H55ClN4O7. The van der Waals surface area contributed by atoms with E-state index in [0.717, 1.165) is 44.9 Å². The minimum atomic E-state index is -0.930. The van der Waals surface area contributed by atoms with E-state index in [1.807, 2.05) is 27.7 Å². The number of carbonyl (C=O) groups is 6. The number of amides is 2. The van der Waals surface area contributed by atoms with Gasteiger partial charge in [0.15, 0.2) is 17.3 Å². The van der Waals surface area contributed by atoms with Crippen LogP contribution in [-0.4, -0.2) is 74.5 Å². The van der Waals surface area contributed by atoms with E-state index in [1.165, 1.54) is 23.5 Å². The van der Waals surface area contributed by atoms with Gasteiger partial charge in [0.05, 0.1) is 29.8 Å². The molecule has 1 aromatic heterocycles. The van der Waals surface area contributed by atoms with Crippen LogP contribution in [0.5, 0.6) is 5.75 Å². The predicted octanol–water partition coefficient (Wildman–Crippen LogP) is 6.79. The molecule has 5 atom stereocenters. The van der Waals surface area contributed by atoms with Crippen molar-refractivity contribution < 1.29 is 33.5 Å². The zero-order valence-corrected chi connectivity index (χ0v) is 32.8. The Morgan fingerprint density at radius 1 is 0.981 bits per heavy atom. The molecule has 1 aromatic carbocycles. The Bertz CT molecular complexity index is 1670. The summed E-state index contributed by atoms with van der Waals surface area (Å²) in [6.07, 6.45) is 11.1. The zero-order valence-electron chi connectivity index (χ0n) is 32.1. The van der Waals surface area contributed by atoms with Gasteiger partial charge in [0.25, 0.3) is 5.91 Å². The normalized spacial score (nSPS) is 20.8. The second-order valence-electron chi connectivity index (χ2n) is 16.5. The molecule has 2 heterocycles. The van der Waals surface area contributed by atoms with E-state index in [4.69, 9.17) is 16.3 Å². The van der Waals surface area contributed by atoms with Gasteiger partial charge in [0.1, 0.15) is 17.5 Å². The minimum absolute atomic E-state index is 0.0731. The van der Waals surface area contributed by atoms with Crippen LogP contribution in [0.1, 0.15) is 122 Å². The molecule has 2 saturated carbocycles. The summed E-state index contributed by atoms with van der Waals surface area (Å²) in [7, 11) is 0. The lowest BCUT2D eigenvalue weighted by atomic mass is 9.74. The summed E-state index contributed by atoms with van der Waals surface area (Å²) < 4.78 is 6.28. The van der Waals surface area contributed by atoms with Gasteiger partial charge < -0.3 is 15.0 Å². The molecule has 1 N–H and O–H groups in total. The fraction of sp³-hybridized carbons (Fsp3) is 0.619. The maximum Gasteiger partial charge on any atom is 0.272 e. The Balaban J connectivity index is 1.40. The van der Waals surface area contributed by atoms with Gasteiger partial charge in [-0.1, -0.05) is 77.1 Å². The van der Waals surface area contributed by atoms with Crippen LogP contribution in [0.15, 0.2) is 42.9 Å². The summed E-state index contributed by atoms with van der Waals surface area (Å²) in [6.45, 7) is 7.66. The molecule has 1 saturated heterocycles. The number of ketones is 4. The van der Waals surface area contributed by atoms with Crippen molar-refractivity contribution in [2.75, 3.05) is 6.54 Å². The summed E-state index contributed by atoms with van der Waals surface area (Å²) in [5.74, 6) is -3.38. The number of halogens is 1. The summed E-state index contributed by atoms with van der Waals surface area (Å²) in [5, 5.41) is 3.33. The van der Waals surface area contributed by atoms with Gasteiger partial charge in [-0.15, -0.1) is 0 Å². The van der Waals surface area contributed by atoms with E-state index in [9.17, 15) is 28.8 Å². The van der Waals surface area contributed by atoms with Crippen molar-refractivity contribution in [2.45, 2.75) is 129 Å². The van der Waals surface area contributed by atoms with E-state index in [-0.39, 0.29) is 67.2 Å². The highest BCUT2D eigenvalue weighted by atomic mass is 35.5. The molecule has 2 aromatic rings. The monoisotopic (exact) mass is 762 g/mol. The van der Waals surface area contributed by atoms with Gasteiger partial charge in [-0.3, -0.25) is 33.8 Å². The Kier molecular flexibility index (Phi) is 14.2. The maximum atomic E-state index is 14.8. The van der Waals surface area contributed by atoms with Crippen molar-refractivity contribution in [3.8, 4) is 5.75 Å². The summed E-state index contributed by atoms with van der Waals surface area (Å²) in [5.41, 5.74) is -0.601. The highest BCUT2D eigenvalue weighted by molar-refractivity contribution is 6.38. The van der Waals surface area contributed by atoms with Gasteiger partial charge in [-0.2, -0.15) is 0 Å². The minimum Gasteiger partial charge on any atom is -0.487 e. The number of carbonyl (C=O) groups excluding carboxylic acids is 6. The molecule has 1 aliphatic heterocycles. The van der Waals surface area contributed by atoms with E-state index >= 15 is 0 Å². The van der Waals surface area contributed by atoms with E-state index < -0.39 is 52.9 Å². The average molecular weight is 763 g/mol. The second-order valence-corrected chi connectivity index (χ2v) is 16.9. The molecular weight excluding hydrogens is 708 g/mol. The lowest BCUT2D eigenvalue weighted by molar-refractivity contribution is -0.147. The first kappa shape index (κ1) is 41.2. The topological polar surface area (TPSA) is 153 Å². The Hall–Kier alpha value is -3.99. The van der Waals surface area contributed by atoms with Crippen LogP contribution in [0.4, 0.5) is 0 Å². The number of para-hydroxylation sites is 1. The lowest BCUT2D eigenvalue weighted by Crippen LogP contribution is -2.51. The summed E-state index contributed by atoms with van der Waals surface area (Å²) >= 11 is 6.43. The molecule has 0 spiro atoms. The van der Waals surface area contributed by atoms with Crippen LogP contribution in [0, 0.1) is 29.1 Å². The summed E-state index contributed by atoms with van der Waals surface area (Å²) in [6, 6.07) is 5.24. The van der Waals surface area contributed by atoms with Crippen LogP contribution < -0.4 is 10.1 Å². The van der Waals surface area contributed by atoms with Gasteiger partial charge >= 0.3 is 0 Å². The Morgan fingerprint density at radius 2 is 1.70 bits per heavy atom.